The minimum Gasteiger partial charge on any atom is -0.314 e. The van der Waals surface area contributed by atoms with Gasteiger partial charge in [0.25, 0.3) is 0 Å². The smallest absolute Gasteiger partial charge is 0.0220 e. The predicted molar refractivity (Wildman–Crippen MR) is 80.5 cm³/mol. The Kier molecular flexibility index (Phi) is 4.45. The first kappa shape index (κ1) is 13.8. The van der Waals surface area contributed by atoms with Crippen LogP contribution in [-0.2, 0) is 0 Å². The number of hydrogen-bond acceptors (Lipinski definition) is 3. The third-order valence-corrected chi connectivity index (χ3v) is 5.66. The van der Waals surface area contributed by atoms with Gasteiger partial charge in [0.15, 0.2) is 0 Å². The van der Waals surface area contributed by atoms with Crippen molar-refractivity contribution in [2.75, 3.05) is 26.7 Å². The molecule has 0 spiro atoms. The monoisotopic (exact) mass is 265 g/mol. The first-order chi connectivity index (χ1) is 9.28. The van der Waals surface area contributed by atoms with Crippen molar-refractivity contribution in [3.05, 3.63) is 0 Å². The summed E-state index contributed by atoms with van der Waals surface area (Å²) < 4.78 is 0. The number of fused-ring (bicyclic) bond motifs is 2. The van der Waals surface area contributed by atoms with Gasteiger partial charge in [-0.25, -0.2) is 0 Å². The SMILES string of the molecule is CCCNC1CC2CCC(C1)N2CC1CCCN1C. The summed E-state index contributed by atoms with van der Waals surface area (Å²) in [7, 11) is 2.31. The van der Waals surface area contributed by atoms with Crippen molar-refractivity contribution < 1.29 is 0 Å². The Morgan fingerprint density at radius 2 is 1.84 bits per heavy atom. The molecule has 2 bridgehead atoms. The molecular weight excluding hydrogens is 234 g/mol. The van der Waals surface area contributed by atoms with E-state index in [9.17, 15) is 0 Å². The molecule has 3 aliphatic rings. The van der Waals surface area contributed by atoms with Crippen LogP contribution < -0.4 is 5.32 Å². The molecule has 3 fully saturated rings. The predicted octanol–water partition coefficient (Wildman–Crippen LogP) is 2.08. The summed E-state index contributed by atoms with van der Waals surface area (Å²) in [6.07, 6.45) is 9.79. The van der Waals surface area contributed by atoms with Crippen LogP contribution in [0, 0.1) is 0 Å². The average Bonchev–Trinajstić information content (AvgIpc) is 2.90. The Morgan fingerprint density at radius 1 is 1.11 bits per heavy atom. The van der Waals surface area contributed by atoms with E-state index in [0.717, 1.165) is 24.2 Å². The number of likely N-dealkylation sites (tertiary alicyclic amines) is 1. The lowest BCUT2D eigenvalue weighted by Crippen LogP contribution is -2.52. The van der Waals surface area contributed by atoms with Crippen molar-refractivity contribution in [3.8, 4) is 0 Å². The van der Waals surface area contributed by atoms with Crippen molar-refractivity contribution in [1.29, 1.82) is 0 Å². The van der Waals surface area contributed by atoms with Gasteiger partial charge in [-0.05, 0) is 65.1 Å². The van der Waals surface area contributed by atoms with Gasteiger partial charge < -0.3 is 10.2 Å². The fourth-order valence-corrected chi connectivity index (χ4v) is 4.54. The minimum atomic E-state index is 0.801. The number of likely N-dealkylation sites (N-methyl/N-ethyl adjacent to an activating group) is 1. The molecule has 3 heterocycles. The molecule has 1 N–H and O–H groups in total. The Bertz CT molecular complexity index is 280. The lowest BCUT2D eigenvalue weighted by Gasteiger charge is -2.41. The summed E-state index contributed by atoms with van der Waals surface area (Å²) in [5.41, 5.74) is 0. The molecule has 3 saturated heterocycles. The molecule has 3 rings (SSSR count). The van der Waals surface area contributed by atoms with Gasteiger partial charge in [0.05, 0.1) is 0 Å². The van der Waals surface area contributed by atoms with Gasteiger partial charge in [-0.2, -0.15) is 0 Å². The summed E-state index contributed by atoms with van der Waals surface area (Å²) >= 11 is 0. The van der Waals surface area contributed by atoms with Gasteiger partial charge in [-0.1, -0.05) is 6.92 Å². The summed E-state index contributed by atoms with van der Waals surface area (Å²) in [5, 5.41) is 3.76. The van der Waals surface area contributed by atoms with Crippen molar-refractivity contribution in [1.82, 2.24) is 15.1 Å². The zero-order chi connectivity index (χ0) is 13.2. The van der Waals surface area contributed by atoms with Gasteiger partial charge in [-0.3, -0.25) is 4.90 Å². The summed E-state index contributed by atoms with van der Waals surface area (Å²) in [6, 6.07) is 3.39. The molecule has 0 saturated carbocycles. The van der Waals surface area contributed by atoms with Crippen LogP contribution in [0.1, 0.15) is 51.9 Å². The summed E-state index contributed by atoms with van der Waals surface area (Å²) in [4.78, 5) is 5.46. The third kappa shape index (κ3) is 2.98. The largest absolute Gasteiger partial charge is 0.314 e. The van der Waals surface area contributed by atoms with Gasteiger partial charge >= 0.3 is 0 Å². The number of piperidine rings is 1. The van der Waals surface area contributed by atoms with Gasteiger partial charge in [-0.15, -0.1) is 0 Å². The highest BCUT2D eigenvalue weighted by Gasteiger charge is 2.41. The van der Waals surface area contributed by atoms with E-state index in [0.29, 0.717) is 0 Å². The molecule has 19 heavy (non-hydrogen) atoms. The number of rotatable bonds is 5. The Labute approximate surface area is 118 Å². The molecule has 3 heteroatoms. The van der Waals surface area contributed by atoms with E-state index in [4.69, 9.17) is 0 Å². The summed E-state index contributed by atoms with van der Waals surface area (Å²) in [5.74, 6) is 0. The fraction of sp³-hybridized carbons (Fsp3) is 1.00. The molecule has 3 atom stereocenters. The summed E-state index contributed by atoms with van der Waals surface area (Å²) in [6.45, 7) is 6.13. The molecule has 0 amide bonds. The second-order valence-electron chi connectivity index (χ2n) is 6.98. The van der Waals surface area contributed by atoms with Crippen molar-refractivity contribution in [3.63, 3.8) is 0 Å². The molecule has 0 aromatic heterocycles. The molecule has 3 nitrogen and oxygen atoms in total. The molecule has 0 aliphatic carbocycles. The first-order valence-corrected chi connectivity index (χ1v) is 8.47. The molecular formula is C16H31N3. The Morgan fingerprint density at radius 3 is 2.42 bits per heavy atom. The number of nitrogens with one attached hydrogen (secondary N) is 1. The molecule has 3 aliphatic heterocycles. The van der Waals surface area contributed by atoms with Crippen LogP contribution >= 0.6 is 0 Å². The second-order valence-corrected chi connectivity index (χ2v) is 6.98. The lowest BCUT2D eigenvalue weighted by molar-refractivity contribution is 0.0889. The van der Waals surface area contributed by atoms with E-state index >= 15 is 0 Å². The average molecular weight is 265 g/mol. The van der Waals surface area contributed by atoms with Crippen LogP contribution in [0.15, 0.2) is 0 Å². The van der Waals surface area contributed by atoms with Crippen LogP contribution in [0.3, 0.4) is 0 Å². The maximum Gasteiger partial charge on any atom is 0.0220 e. The molecule has 0 aromatic rings. The third-order valence-electron chi connectivity index (χ3n) is 5.66. The zero-order valence-corrected chi connectivity index (χ0v) is 12.8. The van der Waals surface area contributed by atoms with Crippen molar-refractivity contribution >= 4 is 0 Å². The standard InChI is InChI=1S/C16H31N3/c1-3-8-17-13-10-14-6-7-15(11-13)19(14)12-16-5-4-9-18(16)2/h13-17H,3-12H2,1-2H3. The highest BCUT2D eigenvalue weighted by atomic mass is 15.3. The van der Waals surface area contributed by atoms with E-state index in [2.05, 4.69) is 29.1 Å². The molecule has 0 radical (unpaired) electrons. The van der Waals surface area contributed by atoms with E-state index in [-0.39, 0.29) is 0 Å². The van der Waals surface area contributed by atoms with Crippen LogP contribution in [-0.4, -0.2) is 60.6 Å². The number of hydrogen-bond donors (Lipinski definition) is 1. The highest BCUT2D eigenvalue weighted by molar-refractivity contribution is 4.99. The zero-order valence-electron chi connectivity index (χ0n) is 12.8. The molecule has 110 valence electrons. The minimum absolute atomic E-state index is 0.801. The van der Waals surface area contributed by atoms with E-state index < -0.39 is 0 Å². The Hall–Kier alpha value is -0.120. The van der Waals surface area contributed by atoms with E-state index in [1.54, 1.807) is 0 Å². The van der Waals surface area contributed by atoms with Gasteiger partial charge in [0.2, 0.25) is 0 Å². The quantitative estimate of drug-likeness (QED) is 0.821. The first-order valence-electron chi connectivity index (χ1n) is 8.47. The maximum absolute atomic E-state index is 3.76. The second kappa shape index (κ2) is 6.11. The topological polar surface area (TPSA) is 18.5 Å². The molecule has 0 aromatic carbocycles. The van der Waals surface area contributed by atoms with Crippen molar-refractivity contribution in [2.24, 2.45) is 0 Å². The number of nitrogens with zero attached hydrogens (tertiary/aromatic N) is 2. The van der Waals surface area contributed by atoms with Crippen LogP contribution in [0.2, 0.25) is 0 Å². The van der Waals surface area contributed by atoms with Gasteiger partial charge in [0, 0.05) is 30.7 Å². The van der Waals surface area contributed by atoms with Crippen LogP contribution in [0.5, 0.6) is 0 Å². The van der Waals surface area contributed by atoms with Gasteiger partial charge in [0.1, 0.15) is 0 Å². The normalized spacial score (nSPS) is 40.1. The molecule has 3 unspecified atom stereocenters. The van der Waals surface area contributed by atoms with Crippen molar-refractivity contribution in [2.45, 2.75) is 76.0 Å². The fourth-order valence-electron chi connectivity index (χ4n) is 4.54. The van der Waals surface area contributed by atoms with E-state index in [1.807, 2.05) is 0 Å². The highest BCUT2D eigenvalue weighted by Crippen LogP contribution is 2.36. The van der Waals surface area contributed by atoms with Crippen LogP contribution in [0.4, 0.5) is 0 Å². The Balaban J connectivity index is 1.54. The lowest BCUT2D eigenvalue weighted by atomic mass is 9.96. The van der Waals surface area contributed by atoms with Crippen LogP contribution in [0.25, 0.3) is 0 Å². The van der Waals surface area contributed by atoms with E-state index in [1.165, 1.54) is 64.6 Å². The maximum atomic E-state index is 3.76.